The van der Waals surface area contributed by atoms with Gasteiger partial charge in [-0.05, 0) is 55.5 Å². The van der Waals surface area contributed by atoms with Crippen LogP contribution in [0.3, 0.4) is 0 Å². The Morgan fingerprint density at radius 2 is 1.86 bits per heavy atom. The molecular weight excluding hydrogens is 454 g/mol. The van der Waals surface area contributed by atoms with Crippen LogP contribution in [0.25, 0.3) is 5.69 Å². The van der Waals surface area contributed by atoms with Gasteiger partial charge in [0.1, 0.15) is 28.5 Å². The van der Waals surface area contributed by atoms with Gasteiger partial charge in [0.05, 0.1) is 0 Å². The Labute approximate surface area is 198 Å². The van der Waals surface area contributed by atoms with Crippen LogP contribution in [-0.4, -0.2) is 15.5 Å². The van der Waals surface area contributed by atoms with Gasteiger partial charge in [-0.3, -0.25) is 14.2 Å². The van der Waals surface area contributed by atoms with E-state index in [2.05, 4.69) is 22.1 Å². The Balaban J connectivity index is 1.56. The topological polar surface area (TPSA) is 99.2 Å². The van der Waals surface area contributed by atoms with Crippen LogP contribution < -0.4 is 21.3 Å². The van der Waals surface area contributed by atoms with Gasteiger partial charge in [-0.1, -0.05) is 5.92 Å². The van der Waals surface area contributed by atoms with Crippen molar-refractivity contribution >= 4 is 17.4 Å². The van der Waals surface area contributed by atoms with Crippen molar-refractivity contribution in [1.82, 2.24) is 9.55 Å². The van der Waals surface area contributed by atoms with E-state index >= 15 is 0 Å². The van der Waals surface area contributed by atoms with Gasteiger partial charge in [-0.2, -0.15) is 0 Å². The van der Waals surface area contributed by atoms with E-state index in [1.165, 1.54) is 71.6 Å². The number of nitrogens with one attached hydrogen (secondary N) is 1. The van der Waals surface area contributed by atoms with Crippen LogP contribution in [0.5, 0.6) is 11.5 Å². The number of hydrogen-bond acceptors (Lipinski definition) is 5. The molecule has 0 aliphatic rings. The fraction of sp³-hybridized carbons (Fsp3) is 0.0385. The third-order valence-electron chi connectivity index (χ3n) is 4.90. The Morgan fingerprint density at radius 3 is 2.57 bits per heavy atom. The molecule has 0 unspecified atom stereocenters. The molecule has 3 N–H and O–H groups in total. The molecule has 2 aromatic heterocycles. The lowest BCUT2D eigenvalue weighted by Crippen LogP contribution is -2.27. The van der Waals surface area contributed by atoms with Gasteiger partial charge in [0, 0.05) is 35.9 Å². The van der Waals surface area contributed by atoms with Gasteiger partial charge in [0.15, 0.2) is 11.6 Å². The molecule has 174 valence electrons. The van der Waals surface area contributed by atoms with Crippen molar-refractivity contribution in [2.75, 3.05) is 11.1 Å². The minimum Gasteiger partial charge on any atom is -0.453 e. The lowest BCUT2D eigenvalue weighted by molar-refractivity contribution is 0.102. The maximum atomic E-state index is 14.7. The van der Waals surface area contributed by atoms with Crippen LogP contribution in [0.4, 0.5) is 20.3 Å². The molecule has 2 aromatic carbocycles. The first-order valence-electron chi connectivity index (χ1n) is 10.3. The number of pyridine rings is 2. The molecule has 4 rings (SSSR count). The number of carbonyl (C=O) groups is 1. The first kappa shape index (κ1) is 23.2. The second-order valence-corrected chi connectivity index (χ2v) is 7.22. The number of carbonyl (C=O) groups excluding carboxylic acids is 1. The molecule has 0 atom stereocenters. The molecule has 35 heavy (non-hydrogen) atoms. The molecule has 0 spiro atoms. The number of nitrogens with two attached hydrogens (primary N) is 1. The highest BCUT2D eigenvalue weighted by Gasteiger charge is 2.16. The third-order valence-corrected chi connectivity index (χ3v) is 4.90. The lowest BCUT2D eigenvalue weighted by atomic mass is 10.2. The van der Waals surface area contributed by atoms with Crippen molar-refractivity contribution in [1.29, 1.82) is 0 Å². The molecule has 0 aliphatic heterocycles. The number of anilines is 2. The van der Waals surface area contributed by atoms with E-state index in [1.807, 2.05) is 0 Å². The summed E-state index contributed by atoms with van der Waals surface area (Å²) in [6.07, 6.45) is 2.87. The van der Waals surface area contributed by atoms with Crippen molar-refractivity contribution in [2.24, 2.45) is 0 Å². The molecule has 2 heterocycles. The van der Waals surface area contributed by atoms with Gasteiger partial charge < -0.3 is 15.8 Å². The second kappa shape index (κ2) is 9.89. The van der Waals surface area contributed by atoms with Gasteiger partial charge in [-0.25, -0.2) is 13.8 Å². The summed E-state index contributed by atoms with van der Waals surface area (Å²) in [4.78, 5) is 29.5. The van der Waals surface area contributed by atoms with E-state index in [-0.39, 0.29) is 28.6 Å². The average Bonchev–Trinajstić information content (AvgIpc) is 2.84. The number of nitrogens with zero attached hydrogens (tertiary/aromatic N) is 2. The smallest absolute Gasteiger partial charge is 0.267 e. The van der Waals surface area contributed by atoms with Crippen LogP contribution >= 0.6 is 0 Å². The second-order valence-electron chi connectivity index (χ2n) is 7.22. The van der Waals surface area contributed by atoms with Crippen LogP contribution in [0.1, 0.15) is 22.8 Å². The molecule has 0 saturated carbocycles. The number of ether oxygens (including phenoxy) is 1. The maximum absolute atomic E-state index is 14.7. The fourth-order valence-electron chi connectivity index (χ4n) is 3.25. The summed E-state index contributed by atoms with van der Waals surface area (Å²) in [6.45, 7) is 1.62. The Morgan fingerprint density at radius 1 is 1.09 bits per heavy atom. The van der Waals surface area contributed by atoms with Gasteiger partial charge in [0.2, 0.25) is 0 Å². The molecule has 7 nitrogen and oxygen atoms in total. The SMILES string of the molecule is CC#Cc1c(Oc2ccc(NC(=O)c3cccn(-c4ccc(F)cc4)c3=O)cc2F)ccnc1N. The van der Waals surface area contributed by atoms with Crippen molar-refractivity contribution in [2.45, 2.75) is 6.92 Å². The van der Waals surface area contributed by atoms with Crippen LogP contribution in [0.2, 0.25) is 0 Å². The average molecular weight is 472 g/mol. The summed E-state index contributed by atoms with van der Waals surface area (Å²) >= 11 is 0. The zero-order chi connectivity index (χ0) is 24.9. The molecule has 9 heteroatoms. The lowest BCUT2D eigenvalue weighted by Gasteiger charge is -2.12. The summed E-state index contributed by atoms with van der Waals surface area (Å²) in [5, 5.41) is 2.50. The van der Waals surface area contributed by atoms with Crippen molar-refractivity contribution in [3.63, 3.8) is 0 Å². The number of amides is 1. The number of rotatable bonds is 5. The Bertz CT molecular complexity index is 1540. The maximum Gasteiger partial charge on any atom is 0.267 e. The number of aromatic nitrogens is 2. The Kier molecular flexibility index (Phi) is 6.55. The number of nitrogen functional groups attached to an aromatic ring is 1. The van der Waals surface area contributed by atoms with E-state index in [0.29, 0.717) is 11.3 Å². The summed E-state index contributed by atoms with van der Waals surface area (Å²) in [5.74, 6) is 3.78. The number of halogens is 2. The summed E-state index contributed by atoms with van der Waals surface area (Å²) in [6, 6.07) is 13.4. The van der Waals surface area contributed by atoms with E-state index in [0.717, 1.165) is 6.07 Å². The van der Waals surface area contributed by atoms with Crippen LogP contribution in [-0.2, 0) is 0 Å². The van der Waals surface area contributed by atoms with Crippen LogP contribution in [0.15, 0.2) is 77.9 Å². The minimum atomic E-state index is -0.759. The summed E-state index contributed by atoms with van der Waals surface area (Å²) in [5.41, 5.74) is 5.86. The predicted octanol–water partition coefficient (Wildman–Crippen LogP) is 4.51. The number of benzene rings is 2. The van der Waals surface area contributed by atoms with Crippen molar-refractivity contribution < 1.29 is 18.3 Å². The zero-order valence-electron chi connectivity index (χ0n) is 18.4. The zero-order valence-corrected chi connectivity index (χ0v) is 18.4. The third kappa shape index (κ3) is 5.02. The highest BCUT2D eigenvalue weighted by molar-refractivity contribution is 6.04. The quantitative estimate of drug-likeness (QED) is 0.417. The standard InChI is InChI=1S/C26H18F2N4O3/c1-2-4-19-22(12-13-30-24(19)29)35-23-11-8-17(15-21(23)28)31-25(33)20-5-3-14-32(26(20)34)18-9-6-16(27)7-10-18/h3,5-15H,1H3,(H2,29,30)(H,31,33). The summed E-state index contributed by atoms with van der Waals surface area (Å²) < 4.78 is 34.8. The molecule has 1 amide bonds. The van der Waals surface area contributed by atoms with Gasteiger partial charge in [0.25, 0.3) is 11.5 Å². The number of hydrogen-bond donors (Lipinski definition) is 2. The molecule has 0 aliphatic carbocycles. The molecule has 0 fully saturated rings. The first-order valence-corrected chi connectivity index (χ1v) is 10.3. The summed E-state index contributed by atoms with van der Waals surface area (Å²) in [7, 11) is 0. The van der Waals surface area contributed by atoms with E-state index in [4.69, 9.17) is 10.5 Å². The van der Waals surface area contributed by atoms with Gasteiger partial charge >= 0.3 is 0 Å². The van der Waals surface area contributed by atoms with E-state index < -0.39 is 23.1 Å². The monoisotopic (exact) mass is 472 g/mol. The minimum absolute atomic E-state index is 0.110. The molecule has 4 aromatic rings. The molecule has 0 radical (unpaired) electrons. The highest BCUT2D eigenvalue weighted by atomic mass is 19.1. The molecular formula is C26H18F2N4O3. The fourth-order valence-corrected chi connectivity index (χ4v) is 3.25. The van der Waals surface area contributed by atoms with Crippen molar-refractivity contribution in [3.8, 4) is 29.0 Å². The Hall–Kier alpha value is -4.97. The predicted molar refractivity (Wildman–Crippen MR) is 128 cm³/mol. The largest absolute Gasteiger partial charge is 0.453 e. The van der Waals surface area contributed by atoms with E-state index in [9.17, 15) is 18.4 Å². The highest BCUT2D eigenvalue weighted by Crippen LogP contribution is 2.30. The first-order chi connectivity index (χ1) is 16.9. The van der Waals surface area contributed by atoms with Crippen molar-refractivity contribution in [3.05, 3.63) is 106 Å². The molecule has 0 bridgehead atoms. The normalized spacial score (nSPS) is 10.3. The van der Waals surface area contributed by atoms with Gasteiger partial charge in [-0.15, -0.1) is 5.92 Å². The van der Waals surface area contributed by atoms with E-state index in [1.54, 1.807) is 6.92 Å². The van der Waals surface area contributed by atoms with Crippen LogP contribution in [0, 0.1) is 23.5 Å². The molecule has 0 saturated heterocycles.